The van der Waals surface area contributed by atoms with Crippen molar-refractivity contribution >= 4 is 17.0 Å². The zero-order valence-electron chi connectivity index (χ0n) is 16.4. The number of aliphatic hydroxyl groups is 3. The van der Waals surface area contributed by atoms with Crippen molar-refractivity contribution in [3.63, 3.8) is 0 Å². The largest absolute Gasteiger partial charge is 0.504 e. The predicted octanol–water partition coefficient (Wildman–Crippen LogP) is 0.325. The Kier molecular flexibility index (Phi) is 5.43. The first-order chi connectivity index (χ1) is 14.4. The van der Waals surface area contributed by atoms with Gasteiger partial charge in [0.2, 0.25) is 0 Å². The molecule has 1 fully saturated rings. The second-order valence-electron chi connectivity index (χ2n) is 7.07. The molecule has 0 bridgehead atoms. The molecule has 0 aliphatic carbocycles. The monoisotopic (exact) mass is 417 g/mol. The van der Waals surface area contributed by atoms with Crippen LogP contribution in [-0.2, 0) is 4.74 Å². The molecule has 1 aliphatic heterocycles. The van der Waals surface area contributed by atoms with Gasteiger partial charge in [0.15, 0.2) is 34.7 Å². The summed E-state index contributed by atoms with van der Waals surface area (Å²) in [5.74, 6) is 0.878. The highest BCUT2D eigenvalue weighted by atomic mass is 16.6. The normalized spacial score (nSPS) is 24.8. The fraction of sp³-hybridized carbons (Fsp3) is 0.421. The molecule has 2 unspecified atom stereocenters. The van der Waals surface area contributed by atoms with Crippen LogP contribution in [0.5, 0.6) is 11.5 Å². The molecule has 1 saturated heterocycles. The molecule has 160 valence electrons. The number of methoxy groups -OCH3 is 1. The lowest BCUT2D eigenvalue weighted by molar-refractivity contribution is -0.0511. The number of aromatic hydroxyl groups is 1. The van der Waals surface area contributed by atoms with E-state index in [9.17, 15) is 20.4 Å². The van der Waals surface area contributed by atoms with Gasteiger partial charge in [0.1, 0.15) is 24.6 Å². The van der Waals surface area contributed by atoms with Crippen LogP contribution in [0.3, 0.4) is 0 Å². The number of hydrogen-bond acceptors (Lipinski definition) is 10. The van der Waals surface area contributed by atoms with E-state index in [-0.39, 0.29) is 11.8 Å². The minimum absolute atomic E-state index is 0.0510. The molecule has 0 radical (unpaired) electrons. The van der Waals surface area contributed by atoms with E-state index in [0.717, 1.165) is 5.56 Å². The molecular formula is C19H23N5O6. The fourth-order valence-corrected chi connectivity index (χ4v) is 3.51. The Labute approximate surface area is 171 Å². The molecule has 5 atom stereocenters. The first-order valence-corrected chi connectivity index (χ1v) is 9.38. The number of benzene rings is 1. The van der Waals surface area contributed by atoms with Gasteiger partial charge in [-0.3, -0.25) is 4.57 Å². The Balaban J connectivity index is 1.62. The molecule has 3 heterocycles. The topological polar surface area (TPSA) is 155 Å². The molecule has 0 saturated carbocycles. The molecule has 11 heteroatoms. The van der Waals surface area contributed by atoms with Crippen molar-refractivity contribution in [2.45, 2.75) is 37.5 Å². The van der Waals surface area contributed by atoms with E-state index in [1.54, 1.807) is 18.2 Å². The second kappa shape index (κ2) is 8.03. The first-order valence-electron chi connectivity index (χ1n) is 9.38. The number of nitrogens with one attached hydrogen (secondary N) is 1. The van der Waals surface area contributed by atoms with Gasteiger partial charge in [0.05, 0.1) is 26.1 Å². The molecule has 11 nitrogen and oxygen atoms in total. The summed E-state index contributed by atoms with van der Waals surface area (Å²) < 4.78 is 12.2. The standard InChI is InChI=1S/C19H23N5O6/c1-9(10-3-4-11(26)12(5-10)29-2)23-17-14-18(21-7-20-17)24(8-22-14)19-16(28)15(27)13(6-25)30-19/h3-5,7-9,13,15-16,19,25-28H,6H2,1-2H3,(H,20,21,23)/t9?,13-,15+,16?,19-/m1/s1. The van der Waals surface area contributed by atoms with Gasteiger partial charge in [-0.15, -0.1) is 0 Å². The van der Waals surface area contributed by atoms with Crippen molar-refractivity contribution in [3.05, 3.63) is 36.4 Å². The van der Waals surface area contributed by atoms with Crippen LogP contribution in [0.1, 0.15) is 24.8 Å². The summed E-state index contributed by atoms with van der Waals surface area (Å²) in [6.07, 6.45) is -1.50. The van der Waals surface area contributed by atoms with Crippen LogP contribution in [0.15, 0.2) is 30.9 Å². The van der Waals surface area contributed by atoms with Crippen LogP contribution >= 0.6 is 0 Å². The summed E-state index contributed by atoms with van der Waals surface area (Å²) in [5.41, 5.74) is 1.71. The average molecular weight is 417 g/mol. The van der Waals surface area contributed by atoms with Crippen LogP contribution in [0.25, 0.3) is 11.2 Å². The van der Waals surface area contributed by atoms with Gasteiger partial charge in [0.25, 0.3) is 0 Å². The lowest BCUT2D eigenvalue weighted by atomic mass is 10.1. The Morgan fingerprint density at radius 2 is 2.03 bits per heavy atom. The highest BCUT2D eigenvalue weighted by Crippen LogP contribution is 2.33. The van der Waals surface area contributed by atoms with Crippen LogP contribution in [0, 0.1) is 0 Å². The lowest BCUT2D eigenvalue weighted by Crippen LogP contribution is -2.33. The van der Waals surface area contributed by atoms with Gasteiger partial charge in [-0.25, -0.2) is 15.0 Å². The van der Waals surface area contributed by atoms with Gasteiger partial charge in [0, 0.05) is 0 Å². The number of nitrogens with zero attached hydrogens (tertiary/aromatic N) is 4. The number of aliphatic hydroxyl groups excluding tert-OH is 3. The number of ether oxygens (including phenoxy) is 2. The van der Waals surface area contributed by atoms with E-state index >= 15 is 0 Å². The number of hydrogen-bond donors (Lipinski definition) is 5. The highest BCUT2D eigenvalue weighted by molar-refractivity contribution is 5.83. The molecule has 30 heavy (non-hydrogen) atoms. The van der Waals surface area contributed by atoms with Crippen molar-refractivity contribution < 1.29 is 29.9 Å². The second-order valence-corrected chi connectivity index (χ2v) is 7.07. The first kappa shape index (κ1) is 20.3. The number of fused-ring (bicyclic) bond motifs is 1. The van der Waals surface area contributed by atoms with Crippen LogP contribution in [-0.4, -0.2) is 72.0 Å². The molecule has 0 spiro atoms. The third kappa shape index (κ3) is 3.41. The smallest absolute Gasteiger partial charge is 0.167 e. The fourth-order valence-electron chi connectivity index (χ4n) is 3.51. The number of aromatic nitrogens is 4. The van der Waals surface area contributed by atoms with Gasteiger partial charge in [-0.05, 0) is 24.6 Å². The van der Waals surface area contributed by atoms with Crippen molar-refractivity contribution in [2.24, 2.45) is 0 Å². The lowest BCUT2D eigenvalue weighted by Gasteiger charge is -2.18. The summed E-state index contributed by atoms with van der Waals surface area (Å²) in [6.45, 7) is 1.50. The maximum atomic E-state index is 10.3. The maximum Gasteiger partial charge on any atom is 0.167 e. The van der Waals surface area contributed by atoms with E-state index in [1.165, 1.54) is 24.3 Å². The van der Waals surface area contributed by atoms with Gasteiger partial charge in [-0.1, -0.05) is 6.07 Å². The number of imidazole rings is 1. The zero-order valence-corrected chi connectivity index (χ0v) is 16.4. The highest BCUT2D eigenvalue weighted by Gasteiger charge is 2.44. The molecule has 1 aliphatic rings. The average Bonchev–Trinajstić information content (AvgIpc) is 3.30. The van der Waals surface area contributed by atoms with Crippen molar-refractivity contribution in [2.75, 3.05) is 19.0 Å². The minimum Gasteiger partial charge on any atom is -0.504 e. The summed E-state index contributed by atoms with van der Waals surface area (Å²) >= 11 is 0. The molecule has 4 rings (SSSR count). The van der Waals surface area contributed by atoms with Gasteiger partial charge in [-0.2, -0.15) is 0 Å². The number of rotatable bonds is 6. The van der Waals surface area contributed by atoms with Crippen molar-refractivity contribution in [1.29, 1.82) is 0 Å². The quantitative estimate of drug-likeness (QED) is 0.379. The van der Waals surface area contributed by atoms with Crippen molar-refractivity contribution in [1.82, 2.24) is 19.5 Å². The Hall–Kier alpha value is -2.99. The molecule has 3 aromatic rings. The zero-order chi connectivity index (χ0) is 21.4. The number of phenols is 1. The third-order valence-corrected chi connectivity index (χ3v) is 5.21. The van der Waals surface area contributed by atoms with E-state index < -0.39 is 31.1 Å². The van der Waals surface area contributed by atoms with Crippen LogP contribution in [0.2, 0.25) is 0 Å². The number of phenolic OH excluding ortho intramolecular Hbond substituents is 1. The van der Waals surface area contributed by atoms with E-state index in [1.807, 2.05) is 6.92 Å². The van der Waals surface area contributed by atoms with Gasteiger partial charge < -0.3 is 35.2 Å². The van der Waals surface area contributed by atoms with E-state index in [4.69, 9.17) is 9.47 Å². The van der Waals surface area contributed by atoms with E-state index in [2.05, 4.69) is 20.3 Å². The van der Waals surface area contributed by atoms with Crippen LogP contribution in [0.4, 0.5) is 5.82 Å². The van der Waals surface area contributed by atoms with Gasteiger partial charge >= 0.3 is 0 Å². The summed E-state index contributed by atoms with van der Waals surface area (Å²) in [4.78, 5) is 12.8. The molecular weight excluding hydrogens is 394 g/mol. The molecule has 5 N–H and O–H groups in total. The molecule has 2 aromatic heterocycles. The minimum atomic E-state index is -1.24. The summed E-state index contributed by atoms with van der Waals surface area (Å²) in [7, 11) is 1.48. The summed E-state index contributed by atoms with van der Waals surface area (Å²) in [5, 5.41) is 42.7. The summed E-state index contributed by atoms with van der Waals surface area (Å²) in [6, 6.07) is 4.85. The third-order valence-electron chi connectivity index (χ3n) is 5.21. The molecule has 0 amide bonds. The Morgan fingerprint density at radius 1 is 1.23 bits per heavy atom. The van der Waals surface area contributed by atoms with E-state index in [0.29, 0.717) is 22.7 Å². The van der Waals surface area contributed by atoms with Crippen LogP contribution < -0.4 is 10.1 Å². The Bertz CT molecular complexity index is 1040. The Morgan fingerprint density at radius 3 is 2.73 bits per heavy atom. The SMILES string of the molecule is COc1cc(C(C)Nc2ncnc3c2ncn3[C@@H]2O[C@H](CO)[C@H](O)C2O)ccc1O. The molecule has 1 aromatic carbocycles. The number of anilines is 1. The predicted molar refractivity (Wildman–Crippen MR) is 105 cm³/mol. The maximum absolute atomic E-state index is 10.3. The van der Waals surface area contributed by atoms with Crippen molar-refractivity contribution in [3.8, 4) is 11.5 Å².